The lowest BCUT2D eigenvalue weighted by Crippen LogP contribution is -2.42. The minimum atomic E-state index is 0.0283. The Morgan fingerprint density at radius 1 is 1.04 bits per heavy atom. The van der Waals surface area contributed by atoms with Gasteiger partial charge in [0.05, 0.1) is 0 Å². The van der Waals surface area contributed by atoms with Crippen LogP contribution in [-0.2, 0) is 0 Å². The first-order valence-corrected chi connectivity index (χ1v) is 8.16. The predicted octanol–water partition coefficient (Wildman–Crippen LogP) is 3.80. The lowest BCUT2D eigenvalue weighted by atomic mass is 9.97. The Bertz CT molecular complexity index is 637. The number of benzene rings is 2. The zero-order valence-corrected chi connectivity index (χ0v) is 14.2. The van der Waals surface area contributed by atoms with E-state index in [9.17, 15) is 4.79 Å². The van der Waals surface area contributed by atoms with Gasteiger partial charge >= 0.3 is 0 Å². The van der Waals surface area contributed by atoms with E-state index in [2.05, 4.69) is 13.8 Å². The van der Waals surface area contributed by atoms with Gasteiger partial charge in [0.25, 0.3) is 5.91 Å². The van der Waals surface area contributed by atoms with Crippen LogP contribution >= 0.6 is 0 Å². The molecule has 0 aliphatic carbocycles. The summed E-state index contributed by atoms with van der Waals surface area (Å²) in [6.45, 7) is 4.78. The summed E-state index contributed by atoms with van der Waals surface area (Å²) in [6.07, 6.45) is 0.909. The van der Waals surface area contributed by atoms with Crippen LogP contribution in [-0.4, -0.2) is 30.4 Å². The number of nitrogens with zero attached hydrogens (tertiary/aromatic N) is 1. The molecule has 0 spiro atoms. The lowest BCUT2D eigenvalue weighted by Gasteiger charge is -2.29. The summed E-state index contributed by atoms with van der Waals surface area (Å²) in [4.78, 5) is 14.8. The van der Waals surface area contributed by atoms with E-state index in [0.717, 1.165) is 23.1 Å². The molecule has 122 valence electrons. The van der Waals surface area contributed by atoms with E-state index in [4.69, 9.17) is 5.73 Å². The Balaban J connectivity index is 2.33. The molecule has 3 heteroatoms. The standard InChI is InChI=1S/C20H26N2O/c1-15(2)13-17(14-21)22(3)20(23)19-12-8-7-11-18(19)16-9-5-4-6-10-16/h4-12,15,17H,13-14,21H2,1-3H3/t17-/m0/s1. The van der Waals surface area contributed by atoms with Gasteiger partial charge in [-0.25, -0.2) is 0 Å². The van der Waals surface area contributed by atoms with Gasteiger partial charge in [-0.1, -0.05) is 62.4 Å². The van der Waals surface area contributed by atoms with Crippen molar-refractivity contribution in [1.29, 1.82) is 0 Å². The van der Waals surface area contributed by atoms with Crippen molar-refractivity contribution in [3.05, 3.63) is 60.2 Å². The zero-order chi connectivity index (χ0) is 16.8. The second kappa shape index (κ2) is 7.93. The number of rotatable bonds is 6. The Morgan fingerprint density at radius 2 is 1.65 bits per heavy atom. The fraction of sp³-hybridized carbons (Fsp3) is 0.350. The van der Waals surface area contributed by atoms with E-state index in [1.165, 1.54) is 0 Å². The maximum absolute atomic E-state index is 13.0. The summed E-state index contributed by atoms with van der Waals surface area (Å²) in [7, 11) is 1.85. The van der Waals surface area contributed by atoms with Crippen LogP contribution in [0.1, 0.15) is 30.6 Å². The molecule has 0 radical (unpaired) electrons. The minimum absolute atomic E-state index is 0.0283. The third kappa shape index (κ3) is 4.20. The molecule has 0 heterocycles. The van der Waals surface area contributed by atoms with Crippen molar-refractivity contribution in [2.24, 2.45) is 11.7 Å². The smallest absolute Gasteiger partial charge is 0.254 e. The van der Waals surface area contributed by atoms with Gasteiger partial charge in [-0.15, -0.1) is 0 Å². The second-order valence-corrected chi connectivity index (χ2v) is 6.35. The Hall–Kier alpha value is -2.13. The third-order valence-electron chi connectivity index (χ3n) is 4.13. The topological polar surface area (TPSA) is 46.3 Å². The first-order chi connectivity index (χ1) is 11.0. The SMILES string of the molecule is CC(C)C[C@@H](CN)N(C)C(=O)c1ccccc1-c1ccccc1. The molecule has 2 rings (SSSR count). The van der Waals surface area contributed by atoms with Gasteiger partial charge in [0.2, 0.25) is 0 Å². The molecule has 3 nitrogen and oxygen atoms in total. The van der Waals surface area contributed by atoms with Gasteiger partial charge in [0.15, 0.2) is 0 Å². The monoisotopic (exact) mass is 310 g/mol. The summed E-state index contributed by atoms with van der Waals surface area (Å²) in [5.41, 5.74) is 8.64. The summed E-state index contributed by atoms with van der Waals surface area (Å²) in [6, 6.07) is 17.8. The number of carbonyl (C=O) groups is 1. The highest BCUT2D eigenvalue weighted by Gasteiger charge is 2.23. The van der Waals surface area contributed by atoms with E-state index in [1.807, 2.05) is 61.6 Å². The summed E-state index contributed by atoms with van der Waals surface area (Å²) >= 11 is 0. The molecule has 0 fully saturated rings. The van der Waals surface area contributed by atoms with Crippen molar-refractivity contribution in [2.75, 3.05) is 13.6 Å². The number of hydrogen-bond acceptors (Lipinski definition) is 2. The number of nitrogens with two attached hydrogens (primary N) is 1. The summed E-state index contributed by atoms with van der Waals surface area (Å²) < 4.78 is 0. The van der Waals surface area contributed by atoms with E-state index < -0.39 is 0 Å². The summed E-state index contributed by atoms with van der Waals surface area (Å²) in [5, 5.41) is 0. The Kier molecular flexibility index (Phi) is 5.94. The largest absolute Gasteiger partial charge is 0.337 e. The van der Waals surface area contributed by atoms with E-state index in [-0.39, 0.29) is 11.9 Å². The highest BCUT2D eigenvalue weighted by molar-refractivity contribution is 6.00. The van der Waals surface area contributed by atoms with Crippen LogP contribution < -0.4 is 5.73 Å². The van der Waals surface area contributed by atoms with Gasteiger partial charge in [0, 0.05) is 25.2 Å². The van der Waals surface area contributed by atoms with Gasteiger partial charge in [-0.05, 0) is 29.5 Å². The Labute approximate surface area is 139 Å². The quantitative estimate of drug-likeness (QED) is 0.882. The molecule has 23 heavy (non-hydrogen) atoms. The van der Waals surface area contributed by atoms with Crippen LogP contribution in [0.5, 0.6) is 0 Å². The van der Waals surface area contributed by atoms with Crippen molar-refractivity contribution in [2.45, 2.75) is 26.3 Å². The zero-order valence-electron chi connectivity index (χ0n) is 14.2. The van der Waals surface area contributed by atoms with Crippen LogP contribution in [0.3, 0.4) is 0 Å². The van der Waals surface area contributed by atoms with Crippen molar-refractivity contribution in [1.82, 2.24) is 4.90 Å². The number of carbonyl (C=O) groups excluding carboxylic acids is 1. The van der Waals surface area contributed by atoms with Gasteiger partial charge in [-0.2, -0.15) is 0 Å². The van der Waals surface area contributed by atoms with Crippen LogP contribution in [0.25, 0.3) is 11.1 Å². The van der Waals surface area contributed by atoms with Gasteiger partial charge in [-0.3, -0.25) is 4.79 Å². The number of likely N-dealkylation sites (N-methyl/N-ethyl adjacent to an activating group) is 1. The van der Waals surface area contributed by atoms with Crippen LogP contribution in [0, 0.1) is 5.92 Å². The van der Waals surface area contributed by atoms with E-state index >= 15 is 0 Å². The Morgan fingerprint density at radius 3 is 2.26 bits per heavy atom. The fourth-order valence-electron chi connectivity index (χ4n) is 2.85. The van der Waals surface area contributed by atoms with Crippen LogP contribution in [0.15, 0.2) is 54.6 Å². The second-order valence-electron chi connectivity index (χ2n) is 6.35. The molecule has 0 saturated heterocycles. The molecule has 1 atom stereocenters. The van der Waals surface area contributed by atoms with E-state index in [0.29, 0.717) is 12.5 Å². The first-order valence-electron chi connectivity index (χ1n) is 8.16. The lowest BCUT2D eigenvalue weighted by molar-refractivity contribution is 0.0720. The maximum atomic E-state index is 13.0. The number of amides is 1. The van der Waals surface area contributed by atoms with E-state index in [1.54, 1.807) is 4.90 Å². The molecule has 1 amide bonds. The first kappa shape index (κ1) is 17.2. The molecule has 0 unspecified atom stereocenters. The third-order valence-corrected chi connectivity index (χ3v) is 4.13. The molecule has 2 aromatic carbocycles. The van der Waals surface area contributed by atoms with Gasteiger partial charge in [0.1, 0.15) is 0 Å². The fourth-order valence-corrected chi connectivity index (χ4v) is 2.85. The highest BCUT2D eigenvalue weighted by atomic mass is 16.2. The van der Waals surface area contributed by atoms with Crippen molar-refractivity contribution in [3.63, 3.8) is 0 Å². The van der Waals surface area contributed by atoms with Crippen LogP contribution in [0.4, 0.5) is 0 Å². The molecule has 0 saturated carbocycles. The number of hydrogen-bond donors (Lipinski definition) is 1. The van der Waals surface area contributed by atoms with Crippen molar-refractivity contribution < 1.29 is 4.79 Å². The van der Waals surface area contributed by atoms with Crippen molar-refractivity contribution >= 4 is 5.91 Å². The van der Waals surface area contributed by atoms with Gasteiger partial charge < -0.3 is 10.6 Å². The normalized spacial score (nSPS) is 12.2. The molecule has 0 aliphatic rings. The molecule has 0 bridgehead atoms. The summed E-state index contributed by atoms with van der Waals surface area (Å²) in [5.74, 6) is 0.531. The van der Waals surface area contributed by atoms with Crippen molar-refractivity contribution in [3.8, 4) is 11.1 Å². The average molecular weight is 310 g/mol. The molecular formula is C20H26N2O. The maximum Gasteiger partial charge on any atom is 0.254 e. The average Bonchev–Trinajstić information content (AvgIpc) is 2.59. The molecule has 0 aliphatic heterocycles. The highest BCUT2D eigenvalue weighted by Crippen LogP contribution is 2.25. The molecule has 2 aromatic rings. The van der Waals surface area contributed by atoms with Crippen LogP contribution in [0.2, 0.25) is 0 Å². The predicted molar refractivity (Wildman–Crippen MR) is 96.3 cm³/mol. The molecule has 0 aromatic heterocycles. The minimum Gasteiger partial charge on any atom is -0.337 e. The molecular weight excluding hydrogens is 284 g/mol. The molecule has 2 N–H and O–H groups in total.